The van der Waals surface area contributed by atoms with E-state index in [2.05, 4.69) is 27.6 Å². The predicted molar refractivity (Wildman–Crippen MR) is 84.0 cm³/mol. The number of nitrogens with one attached hydrogen (secondary N) is 2. The van der Waals surface area contributed by atoms with E-state index in [4.69, 9.17) is 5.84 Å². The van der Waals surface area contributed by atoms with E-state index in [0.717, 1.165) is 44.7 Å². The Hall–Kier alpha value is -1.66. The number of nitrogen functional groups attached to an aromatic ring is 1. The molecular formula is C15H25N5O. The van der Waals surface area contributed by atoms with Crippen molar-refractivity contribution < 1.29 is 4.79 Å². The monoisotopic (exact) mass is 291 g/mol. The van der Waals surface area contributed by atoms with Gasteiger partial charge in [0.1, 0.15) is 5.82 Å². The number of carbonyl (C=O) groups is 1. The van der Waals surface area contributed by atoms with Crippen LogP contribution in [0, 0.1) is 12.8 Å². The highest BCUT2D eigenvalue weighted by atomic mass is 16.1. The van der Waals surface area contributed by atoms with E-state index in [9.17, 15) is 4.79 Å². The number of carbonyl (C=O) groups excluding carboxylic acids is 1. The first-order valence-corrected chi connectivity index (χ1v) is 7.58. The minimum atomic E-state index is -0.0603. The Balaban J connectivity index is 1.86. The Labute approximate surface area is 126 Å². The highest BCUT2D eigenvalue weighted by molar-refractivity contribution is 5.94. The van der Waals surface area contributed by atoms with E-state index in [1.165, 1.54) is 0 Å². The molecule has 1 aromatic heterocycles. The lowest BCUT2D eigenvalue weighted by atomic mass is 9.97. The molecule has 2 heterocycles. The van der Waals surface area contributed by atoms with E-state index >= 15 is 0 Å². The summed E-state index contributed by atoms with van der Waals surface area (Å²) in [5, 5.41) is 3.03. The van der Waals surface area contributed by atoms with Gasteiger partial charge in [-0.3, -0.25) is 4.79 Å². The van der Waals surface area contributed by atoms with Crippen LogP contribution in [0.3, 0.4) is 0 Å². The quantitative estimate of drug-likeness (QED) is 0.560. The van der Waals surface area contributed by atoms with Gasteiger partial charge in [-0.1, -0.05) is 6.92 Å². The smallest absolute Gasteiger partial charge is 0.251 e. The van der Waals surface area contributed by atoms with Crippen LogP contribution >= 0.6 is 0 Å². The number of hydrazine groups is 1. The van der Waals surface area contributed by atoms with Crippen LogP contribution in [0.4, 0.5) is 5.82 Å². The van der Waals surface area contributed by atoms with Gasteiger partial charge in [-0.15, -0.1) is 0 Å². The van der Waals surface area contributed by atoms with Crippen molar-refractivity contribution in [1.29, 1.82) is 0 Å². The van der Waals surface area contributed by atoms with Crippen molar-refractivity contribution in [2.24, 2.45) is 11.8 Å². The van der Waals surface area contributed by atoms with E-state index in [1.807, 2.05) is 6.92 Å². The molecule has 0 unspecified atom stereocenters. The number of hydrogen-bond acceptors (Lipinski definition) is 5. The first-order chi connectivity index (χ1) is 10.1. The van der Waals surface area contributed by atoms with Crippen LogP contribution in [0.5, 0.6) is 0 Å². The molecule has 1 amide bonds. The van der Waals surface area contributed by atoms with Gasteiger partial charge in [-0.05, 0) is 57.5 Å². The minimum absolute atomic E-state index is 0.0603. The first kappa shape index (κ1) is 15.7. The number of aryl methyl sites for hydroxylation is 1. The average molecular weight is 291 g/mol. The van der Waals surface area contributed by atoms with Crippen molar-refractivity contribution in [3.63, 3.8) is 0 Å². The lowest BCUT2D eigenvalue weighted by Crippen LogP contribution is -2.38. The zero-order valence-corrected chi connectivity index (χ0v) is 12.9. The van der Waals surface area contributed by atoms with Crippen LogP contribution in [0.15, 0.2) is 12.1 Å². The van der Waals surface area contributed by atoms with Crippen molar-refractivity contribution in [2.75, 3.05) is 31.6 Å². The van der Waals surface area contributed by atoms with Gasteiger partial charge in [-0.25, -0.2) is 10.8 Å². The van der Waals surface area contributed by atoms with Crippen molar-refractivity contribution in [3.8, 4) is 0 Å². The molecule has 21 heavy (non-hydrogen) atoms. The third-order valence-corrected chi connectivity index (χ3v) is 4.07. The largest absolute Gasteiger partial charge is 0.352 e. The number of pyridine rings is 1. The Morgan fingerprint density at radius 3 is 2.76 bits per heavy atom. The molecule has 0 spiro atoms. The van der Waals surface area contributed by atoms with Gasteiger partial charge in [0.25, 0.3) is 5.91 Å². The third kappa shape index (κ3) is 4.41. The lowest BCUT2D eigenvalue weighted by molar-refractivity contribution is 0.0936. The van der Waals surface area contributed by atoms with Gasteiger partial charge in [0.15, 0.2) is 0 Å². The second kappa shape index (κ2) is 7.38. The number of rotatable bonds is 5. The number of nitrogens with zero attached hydrogens (tertiary/aromatic N) is 2. The molecule has 4 N–H and O–H groups in total. The van der Waals surface area contributed by atoms with Gasteiger partial charge >= 0.3 is 0 Å². The van der Waals surface area contributed by atoms with Crippen molar-refractivity contribution in [3.05, 3.63) is 23.4 Å². The molecule has 1 aliphatic heterocycles. The number of aromatic nitrogens is 1. The third-order valence-electron chi connectivity index (χ3n) is 4.07. The summed E-state index contributed by atoms with van der Waals surface area (Å²) in [4.78, 5) is 18.8. The topological polar surface area (TPSA) is 83.3 Å². The lowest BCUT2D eigenvalue weighted by Gasteiger charge is -2.31. The number of anilines is 1. The van der Waals surface area contributed by atoms with Gasteiger partial charge in [0.05, 0.1) is 0 Å². The van der Waals surface area contributed by atoms with E-state index < -0.39 is 0 Å². The van der Waals surface area contributed by atoms with Gasteiger partial charge < -0.3 is 15.6 Å². The fourth-order valence-corrected chi connectivity index (χ4v) is 2.72. The van der Waals surface area contributed by atoms with Crippen molar-refractivity contribution >= 4 is 11.7 Å². The number of likely N-dealkylation sites (tertiary alicyclic amines) is 1. The van der Waals surface area contributed by atoms with Crippen LogP contribution in [0.1, 0.15) is 35.8 Å². The number of piperidine rings is 1. The second-order valence-corrected chi connectivity index (χ2v) is 5.61. The molecule has 1 aliphatic rings. The van der Waals surface area contributed by atoms with E-state index in [-0.39, 0.29) is 5.91 Å². The first-order valence-electron chi connectivity index (χ1n) is 7.58. The van der Waals surface area contributed by atoms with E-state index in [0.29, 0.717) is 17.3 Å². The summed E-state index contributed by atoms with van der Waals surface area (Å²) in [7, 11) is 0. The van der Waals surface area contributed by atoms with Crippen LogP contribution in [0.2, 0.25) is 0 Å². The molecule has 0 bridgehead atoms. The maximum Gasteiger partial charge on any atom is 0.251 e. The summed E-state index contributed by atoms with van der Waals surface area (Å²) in [6.07, 6.45) is 2.30. The molecule has 2 rings (SSSR count). The standard InChI is InChI=1S/C15H25N5O/c1-3-20-6-4-12(5-7-20)10-17-15(21)13-8-11(2)18-14(9-13)19-16/h8-9,12H,3-7,10,16H2,1-2H3,(H,17,21)(H,18,19). The molecule has 0 aromatic carbocycles. The molecule has 116 valence electrons. The molecule has 6 nitrogen and oxygen atoms in total. The molecule has 1 saturated heterocycles. The number of amides is 1. The second-order valence-electron chi connectivity index (χ2n) is 5.61. The Bertz CT molecular complexity index is 483. The minimum Gasteiger partial charge on any atom is -0.352 e. The van der Waals surface area contributed by atoms with Crippen LogP contribution < -0.4 is 16.6 Å². The van der Waals surface area contributed by atoms with Crippen LogP contribution in [-0.4, -0.2) is 42.0 Å². The zero-order valence-electron chi connectivity index (χ0n) is 12.9. The summed E-state index contributed by atoms with van der Waals surface area (Å²) in [6.45, 7) is 8.15. The maximum absolute atomic E-state index is 12.2. The molecule has 0 atom stereocenters. The Morgan fingerprint density at radius 1 is 1.43 bits per heavy atom. The highest BCUT2D eigenvalue weighted by Crippen LogP contribution is 2.16. The number of hydrogen-bond donors (Lipinski definition) is 3. The summed E-state index contributed by atoms with van der Waals surface area (Å²) >= 11 is 0. The van der Waals surface area contributed by atoms with Gasteiger partial charge in [0.2, 0.25) is 0 Å². The summed E-state index contributed by atoms with van der Waals surface area (Å²) < 4.78 is 0. The fourth-order valence-electron chi connectivity index (χ4n) is 2.72. The molecule has 0 radical (unpaired) electrons. The predicted octanol–water partition coefficient (Wildman–Crippen LogP) is 1.14. The summed E-state index contributed by atoms with van der Waals surface area (Å²) in [6, 6.07) is 3.44. The highest BCUT2D eigenvalue weighted by Gasteiger charge is 2.19. The summed E-state index contributed by atoms with van der Waals surface area (Å²) in [5.74, 6) is 6.38. The van der Waals surface area contributed by atoms with Gasteiger partial charge in [0, 0.05) is 17.8 Å². The molecule has 1 fully saturated rings. The van der Waals surface area contributed by atoms with Crippen LogP contribution in [-0.2, 0) is 0 Å². The molecular weight excluding hydrogens is 266 g/mol. The van der Waals surface area contributed by atoms with E-state index in [1.54, 1.807) is 12.1 Å². The molecule has 1 aromatic rings. The normalized spacial score (nSPS) is 16.7. The van der Waals surface area contributed by atoms with Gasteiger partial charge in [-0.2, -0.15) is 0 Å². The number of nitrogens with two attached hydrogens (primary N) is 1. The Morgan fingerprint density at radius 2 is 2.14 bits per heavy atom. The molecule has 6 heteroatoms. The maximum atomic E-state index is 12.2. The SMILES string of the molecule is CCN1CCC(CNC(=O)c2cc(C)nc(NN)c2)CC1. The van der Waals surface area contributed by atoms with Crippen molar-refractivity contribution in [1.82, 2.24) is 15.2 Å². The summed E-state index contributed by atoms with van der Waals surface area (Å²) in [5.41, 5.74) is 3.85. The molecule has 0 saturated carbocycles. The molecule has 0 aliphatic carbocycles. The van der Waals surface area contributed by atoms with Crippen LogP contribution in [0.25, 0.3) is 0 Å². The fraction of sp³-hybridized carbons (Fsp3) is 0.600. The Kier molecular flexibility index (Phi) is 5.52. The average Bonchev–Trinajstić information content (AvgIpc) is 2.52. The van der Waals surface area contributed by atoms with Crippen molar-refractivity contribution in [2.45, 2.75) is 26.7 Å². The zero-order chi connectivity index (χ0) is 15.2.